The summed E-state index contributed by atoms with van der Waals surface area (Å²) in [5.74, 6) is -2.72. The summed E-state index contributed by atoms with van der Waals surface area (Å²) in [4.78, 5) is 56.0. The number of amides is 4. The standard InChI is InChI=1S/C33H43BrN4O10S2/c34-22-12-14-26(15-13-22)50(45,46)48-24-18-28-29(39)36-33(31(41)37-49(43,44)25-16-17-25)19-21(33)8-4-2-1-3-5-11-27(30(40)38(28)20-24)35-32(42)47-23-9-6-7-10-23/h4,8,12-15,21,23-25,27-28H,1-3,5-7,9-11,16-20H2,(H,35,42)(H,36,39)(H,37,41)/t21-,24+,27+,28+,33-/m1/s1. The molecule has 6 rings (SSSR count). The maximum Gasteiger partial charge on any atom is 0.408 e. The van der Waals surface area contributed by atoms with Crippen molar-refractivity contribution in [2.75, 3.05) is 6.54 Å². The van der Waals surface area contributed by atoms with Gasteiger partial charge in [0.05, 0.1) is 16.2 Å². The molecule has 17 heteroatoms. The molecule has 274 valence electrons. The van der Waals surface area contributed by atoms with E-state index in [0.717, 1.165) is 38.5 Å². The number of alkyl carbamates (subject to hydrolysis) is 1. The van der Waals surface area contributed by atoms with E-state index in [4.69, 9.17) is 8.92 Å². The topological polar surface area (TPSA) is 194 Å². The predicted molar refractivity (Wildman–Crippen MR) is 183 cm³/mol. The van der Waals surface area contributed by atoms with Crippen LogP contribution in [0, 0.1) is 5.92 Å². The highest BCUT2D eigenvalue weighted by Crippen LogP contribution is 2.46. The lowest BCUT2D eigenvalue weighted by molar-refractivity contribution is -0.141. The van der Waals surface area contributed by atoms with Gasteiger partial charge >= 0.3 is 6.09 Å². The highest BCUT2D eigenvalue weighted by molar-refractivity contribution is 9.10. The summed E-state index contributed by atoms with van der Waals surface area (Å²) >= 11 is 3.27. The Morgan fingerprint density at radius 2 is 1.62 bits per heavy atom. The smallest absolute Gasteiger partial charge is 0.408 e. The van der Waals surface area contributed by atoms with E-state index in [-0.39, 0.29) is 36.8 Å². The van der Waals surface area contributed by atoms with Gasteiger partial charge in [-0.1, -0.05) is 40.9 Å². The molecule has 0 radical (unpaired) electrons. The average Bonchev–Trinajstić information content (AvgIpc) is 3.93. The van der Waals surface area contributed by atoms with Crippen LogP contribution in [-0.4, -0.2) is 87.2 Å². The normalized spacial score (nSPS) is 29.6. The molecule has 4 amide bonds. The molecule has 1 saturated heterocycles. The Balaban J connectivity index is 1.27. The van der Waals surface area contributed by atoms with Crippen LogP contribution in [0.15, 0.2) is 45.8 Å². The van der Waals surface area contributed by atoms with Gasteiger partial charge in [-0.15, -0.1) is 0 Å². The van der Waals surface area contributed by atoms with Gasteiger partial charge < -0.3 is 20.3 Å². The summed E-state index contributed by atoms with van der Waals surface area (Å²) in [7, 11) is -8.24. The summed E-state index contributed by atoms with van der Waals surface area (Å²) in [5.41, 5.74) is -1.57. The largest absolute Gasteiger partial charge is 0.446 e. The van der Waals surface area contributed by atoms with Crippen LogP contribution in [0.4, 0.5) is 4.79 Å². The van der Waals surface area contributed by atoms with Crippen LogP contribution in [-0.2, 0) is 43.4 Å². The fourth-order valence-electron chi connectivity index (χ4n) is 7.00. The maximum absolute atomic E-state index is 14.3. The molecule has 3 saturated carbocycles. The summed E-state index contributed by atoms with van der Waals surface area (Å²) in [5, 5.41) is 4.79. The first-order valence-electron chi connectivity index (χ1n) is 17.3. The van der Waals surface area contributed by atoms with E-state index in [2.05, 4.69) is 31.3 Å². The van der Waals surface area contributed by atoms with E-state index in [0.29, 0.717) is 30.2 Å². The Bertz CT molecular complexity index is 1730. The Morgan fingerprint density at radius 1 is 0.920 bits per heavy atom. The maximum atomic E-state index is 14.3. The Kier molecular flexibility index (Phi) is 11.0. The van der Waals surface area contributed by atoms with Crippen molar-refractivity contribution in [1.29, 1.82) is 0 Å². The van der Waals surface area contributed by atoms with E-state index >= 15 is 0 Å². The van der Waals surface area contributed by atoms with E-state index < -0.39 is 78.9 Å². The van der Waals surface area contributed by atoms with Crippen LogP contribution in [0.5, 0.6) is 0 Å². The molecule has 1 aromatic rings. The third-order valence-corrected chi connectivity index (χ3v) is 13.8. The molecular weight excluding hydrogens is 756 g/mol. The first-order chi connectivity index (χ1) is 23.8. The molecular formula is C33H43BrN4O10S2. The molecule has 0 spiro atoms. The van der Waals surface area contributed by atoms with Gasteiger partial charge in [-0.05, 0) is 88.5 Å². The molecule has 2 aliphatic heterocycles. The summed E-state index contributed by atoms with van der Waals surface area (Å²) < 4.78 is 65.9. The summed E-state index contributed by atoms with van der Waals surface area (Å²) in [6.45, 7) is -0.291. The van der Waals surface area contributed by atoms with Crippen LogP contribution in [0.1, 0.15) is 83.5 Å². The molecule has 2 heterocycles. The zero-order chi connectivity index (χ0) is 35.7. The Morgan fingerprint density at radius 3 is 2.32 bits per heavy atom. The molecule has 14 nitrogen and oxygen atoms in total. The van der Waals surface area contributed by atoms with E-state index in [1.54, 1.807) is 18.2 Å². The highest BCUT2D eigenvalue weighted by atomic mass is 79.9. The number of carbonyl (C=O) groups excluding carboxylic acids is 4. The van der Waals surface area contributed by atoms with Gasteiger partial charge in [-0.25, -0.2) is 13.2 Å². The van der Waals surface area contributed by atoms with Crippen molar-refractivity contribution < 1.29 is 44.9 Å². The molecule has 50 heavy (non-hydrogen) atoms. The Labute approximate surface area is 300 Å². The average molecular weight is 800 g/mol. The van der Waals surface area contributed by atoms with Gasteiger partial charge in [0, 0.05) is 23.4 Å². The lowest BCUT2D eigenvalue weighted by atomic mass is 10.0. The number of fused-ring (bicyclic) bond motifs is 2. The quantitative estimate of drug-likeness (QED) is 0.260. The molecule has 3 aliphatic carbocycles. The monoisotopic (exact) mass is 798 g/mol. The molecule has 0 unspecified atom stereocenters. The molecule has 5 atom stereocenters. The van der Waals surface area contributed by atoms with Crippen molar-refractivity contribution >= 4 is 59.9 Å². The third-order valence-electron chi connectivity index (χ3n) is 10.1. The first-order valence-corrected chi connectivity index (χ1v) is 21.0. The van der Waals surface area contributed by atoms with Gasteiger partial charge in [0.25, 0.3) is 16.0 Å². The lowest BCUT2D eigenvalue weighted by Crippen LogP contribution is -2.58. The number of ether oxygens (including phenoxy) is 1. The fourth-order valence-corrected chi connectivity index (χ4v) is 9.71. The second-order valence-electron chi connectivity index (χ2n) is 13.9. The van der Waals surface area contributed by atoms with Crippen molar-refractivity contribution in [2.24, 2.45) is 5.92 Å². The highest BCUT2D eigenvalue weighted by Gasteiger charge is 2.62. The van der Waals surface area contributed by atoms with Crippen molar-refractivity contribution in [1.82, 2.24) is 20.3 Å². The first kappa shape index (κ1) is 36.8. The summed E-state index contributed by atoms with van der Waals surface area (Å²) in [6, 6.07) is 3.45. The van der Waals surface area contributed by atoms with Crippen LogP contribution in [0.2, 0.25) is 0 Å². The van der Waals surface area contributed by atoms with Crippen LogP contribution in [0.25, 0.3) is 0 Å². The van der Waals surface area contributed by atoms with Crippen LogP contribution >= 0.6 is 15.9 Å². The zero-order valence-electron chi connectivity index (χ0n) is 27.6. The van der Waals surface area contributed by atoms with Gasteiger partial charge in [0.1, 0.15) is 23.7 Å². The third kappa shape index (κ3) is 8.53. The lowest BCUT2D eigenvalue weighted by Gasteiger charge is -2.30. The number of hydrogen-bond donors (Lipinski definition) is 3. The van der Waals surface area contributed by atoms with Gasteiger partial charge in [0.15, 0.2) is 0 Å². The number of carbonyl (C=O) groups is 4. The molecule has 0 aromatic heterocycles. The molecule has 5 aliphatic rings. The number of sulfonamides is 1. The van der Waals surface area contributed by atoms with E-state index in [9.17, 15) is 36.0 Å². The number of nitrogens with one attached hydrogen (secondary N) is 3. The minimum Gasteiger partial charge on any atom is -0.446 e. The van der Waals surface area contributed by atoms with Crippen molar-refractivity contribution in [2.45, 2.75) is 123 Å². The molecule has 0 bridgehead atoms. The van der Waals surface area contributed by atoms with Gasteiger partial charge in [0.2, 0.25) is 21.8 Å². The molecule has 3 N–H and O–H groups in total. The zero-order valence-corrected chi connectivity index (χ0v) is 30.8. The number of allylic oxidation sites excluding steroid dienone is 1. The van der Waals surface area contributed by atoms with E-state index in [1.165, 1.54) is 17.0 Å². The Hall–Kier alpha value is -3.02. The molecule has 1 aromatic carbocycles. The number of benzene rings is 1. The van der Waals surface area contributed by atoms with Crippen LogP contribution in [0.3, 0.4) is 0 Å². The van der Waals surface area contributed by atoms with Gasteiger partial charge in [-0.2, -0.15) is 8.42 Å². The molecule has 4 fully saturated rings. The predicted octanol–water partition coefficient (Wildman–Crippen LogP) is 3.16. The van der Waals surface area contributed by atoms with Crippen LogP contribution < -0.4 is 15.4 Å². The number of nitrogens with zero attached hydrogens (tertiary/aromatic N) is 1. The minimum atomic E-state index is -4.31. The van der Waals surface area contributed by atoms with Crippen molar-refractivity contribution in [3.8, 4) is 0 Å². The second kappa shape index (κ2) is 14.9. The second-order valence-corrected chi connectivity index (χ2v) is 18.3. The number of rotatable bonds is 8. The SMILES string of the molecule is O=C(N[C@H]1CCCCCC=C[C@@H]2C[C@@]2(C(=O)NS(=O)(=O)C2CC2)NC(=O)[C@@H]2C[C@H](OS(=O)(=O)c3ccc(Br)cc3)CN2C1=O)OC1CCCC1. The fraction of sp³-hybridized carbons (Fsp3) is 0.636. The van der Waals surface area contributed by atoms with Crippen molar-refractivity contribution in [3.05, 3.63) is 40.9 Å². The minimum absolute atomic E-state index is 0.116. The number of halogens is 1. The summed E-state index contributed by atoms with van der Waals surface area (Å²) in [6.07, 6.45) is 8.72. The van der Waals surface area contributed by atoms with Gasteiger partial charge in [-0.3, -0.25) is 23.3 Å². The number of hydrogen-bond acceptors (Lipinski definition) is 10. The van der Waals surface area contributed by atoms with Crippen molar-refractivity contribution in [3.63, 3.8) is 0 Å². The van der Waals surface area contributed by atoms with E-state index in [1.807, 2.05) is 6.08 Å².